The second-order valence-corrected chi connectivity index (χ2v) is 5.71. The molecule has 5 heteroatoms. The van der Waals surface area contributed by atoms with E-state index in [0.717, 1.165) is 42.7 Å². The molecule has 0 aromatic carbocycles. The normalized spacial score (nSPS) is 24.3. The van der Waals surface area contributed by atoms with Crippen molar-refractivity contribution in [2.75, 3.05) is 19.0 Å². The average molecular weight is 263 g/mol. The molecule has 0 unspecified atom stereocenters. The average Bonchev–Trinajstić information content (AvgIpc) is 2.82. The second kappa shape index (κ2) is 5.28. The molecule has 1 spiro atoms. The molecule has 3 heterocycles. The van der Waals surface area contributed by atoms with Crippen molar-refractivity contribution in [3.8, 4) is 0 Å². The minimum absolute atomic E-state index is 0.228. The molecule has 4 nitrogen and oxygen atoms in total. The first kappa shape index (κ1) is 12.0. The van der Waals surface area contributed by atoms with Crippen molar-refractivity contribution < 1.29 is 4.74 Å². The van der Waals surface area contributed by atoms with Gasteiger partial charge in [0.25, 0.3) is 0 Å². The van der Waals surface area contributed by atoms with Gasteiger partial charge in [0.2, 0.25) is 0 Å². The molecule has 18 heavy (non-hydrogen) atoms. The van der Waals surface area contributed by atoms with E-state index in [9.17, 15) is 0 Å². The highest BCUT2D eigenvalue weighted by Crippen LogP contribution is 2.31. The lowest BCUT2D eigenvalue weighted by molar-refractivity contribution is 0.0555. The van der Waals surface area contributed by atoms with Gasteiger partial charge in [0.1, 0.15) is 0 Å². The SMILES string of the molecule is c1ccc(CN=C2NC3(CCOCC3)CS2)nc1. The Morgan fingerprint density at radius 2 is 2.28 bits per heavy atom. The fraction of sp³-hybridized carbons (Fsp3) is 0.538. The maximum atomic E-state index is 5.42. The van der Waals surface area contributed by atoms with Crippen molar-refractivity contribution in [2.24, 2.45) is 4.99 Å². The zero-order valence-corrected chi connectivity index (χ0v) is 11.1. The number of thioether (sulfide) groups is 1. The summed E-state index contributed by atoms with van der Waals surface area (Å²) in [5.74, 6) is 1.11. The predicted octanol–water partition coefficient (Wildman–Crippen LogP) is 1.82. The van der Waals surface area contributed by atoms with E-state index in [1.165, 1.54) is 0 Å². The molecule has 2 aliphatic rings. The van der Waals surface area contributed by atoms with Crippen LogP contribution in [0.3, 0.4) is 0 Å². The molecule has 0 bridgehead atoms. The van der Waals surface area contributed by atoms with E-state index in [4.69, 9.17) is 4.74 Å². The third-order valence-electron chi connectivity index (χ3n) is 3.42. The summed E-state index contributed by atoms with van der Waals surface area (Å²) < 4.78 is 5.42. The summed E-state index contributed by atoms with van der Waals surface area (Å²) in [5.41, 5.74) is 1.24. The van der Waals surface area contributed by atoms with Crippen LogP contribution in [0.1, 0.15) is 18.5 Å². The molecule has 2 aliphatic heterocycles. The number of ether oxygens (including phenoxy) is 1. The Labute approximate surface area is 111 Å². The predicted molar refractivity (Wildman–Crippen MR) is 73.8 cm³/mol. The first-order valence-corrected chi connectivity index (χ1v) is 7.28. The van der Waals surface area contributed by atoms with E-state index in [1.807, 2.05) is 36.2 Å². The van der Waals surface area contributed by atoms with Gasteiger partial charge in [0.15, 0.2) is 5.17 Å². The van der Waals surface area contributed by atoms with Gasteiger partial charge in [-0.25, -0.2) is 0 Å². The van der Waals surface area contributed by atoms with Gasteiger partial charge in [-0.1, -0.05) is 17.8 Å². The van der Waals surface area contributed by atoms with Crippen molar-refractivity contribution in [3.05, 3.63) is 30.1 Å². The van der Waals surface area contributed by atoms with Gasteiger partial charge < -0.3 is 10.1 Å². The Morgan fingerprint density at radius 1 is 1.39 bits per heavy atom. The fourth-order valence-electron chi connectivity index (χ4n) is 2.27. The molecule has 1 aromatic heterocycles. The largest absolute Gasteiger partial charge is 0.381 e. The van der Waals surface area contributed by atoms with Crippen molar-refractivity contribution in [1.29, 1.82) is 0 Å². The molecule has 1 aromatic rings. The highest BCUT2D eigenvalue weighted by atomic mass is 32.2. The van der Waals surface area contributed by atoms with E-state index >= 15 is 0 Å². The number of aliphatic imine (C=N–C) groups is 1. The minimum atomic E-state index is 0.228. The molecule has 0 saturated carbocycles. The summed E-state index contributed by atoms with van der Waals surface area (Å²) in [6.45, 7) is 2.38. The van der Waals surface area contributed by atoms with Crippen molar-refractivity contribution in [3.63, 3.8) is 0 Å². The third kappa shape index (κ3) is 2.67. The number of hydrogen-bond donors (Lipinski definition) is 1. The summed E-state index contributed by atoms with van der Waals surface area (Å²) in [4.78, 5) is 8.89. The van der Waals surface area contributed by atoms with Gasteiger partial charge in [0.05, 0.1) is 17.8 Å². The topological polar surface area (TPSA) is 46.5 Å². The Morgan fingerprint density at radius 3 is 3.06 bits per heavy atom. The van der Waals surface area contributed by atoms with Crippen molar-refractivity contribution in [2.45, 2.75) is 24.9 Å². The Bertz CT molecular complexity index is 429. The van der Waals surface area contributed by atoms with Crippen LogP contribution in [0.25, 0.3) is 0 Å². The number of hydrogen-bond acceptors (Lipinski definition) is 4. The van der Waals surface area contributed by atoms with E-state index in [-0.39, 0.29) is 5.54 Å². The zero-order valence-electron chi connectivity index (χ0n) is 10.3. The lowest BCUT2D eigenvalue weighted by Gasteiger charge is -2.32. The van der Waals surface area contributed by atoms with E-state index in [2.05, 4.69) is 15.3 Å². The quantitative estimate of drug-likeness (QED) is 0.884. The Balaban J connectivity index is 1.61. The number of amidine groups is 1. The molecule has 2 fully saturated rings. The number of pyridine rings is 1. The molecule has 0 radical (unpaired) electrons. The summed E-state index contributed by atoms with van der Waals surface area (Å²) in [5, 5.41) is 4.64. The van der Waals surface area contributed by atoms with Crippen molar-refractivity contribution >= 4 is 16.9 Å². The molecule has 96 valence electrons. The molecular formula is C13H17N3OS. The smallest absolute Gasteiger partial charge is 0.157 e. The molecule has 3 rings (SSSR count). The second-order valence-electron chi connectivity index (χ2n) is 4.75. The molecular weight excluding hydrogens is 246 g/mol. The highest BCUT2D eigenvalue weighted by Gasteiger charge is 2.38. The zero-order chi connectivity index (χ0) is 12.3. The van der Waals surface area contributed by atoms with E-state index in [0.29, 0.717) is 6.54 Å². The lowest BCUT2D eigenvalue weighted by Crippen LogP contribution is -2.48. The van der Waals surface area contributed by atoms with Crippen LogP contribution >= 0.6 is 11.8 Å². The van der Waals surface area contributed by atoms with Gasteiger partial charge in [-0.3, -0.25) is 9.98 Å². The van der Waals surface area contributed by atoms with Gasteiger partial charge in [-0.2, -0.15) is 0 Å². The van der Waals surface area contributed by atoms with Crippen LogP contribution in [0.2, 0.25) is 0 Å². The van der Waals surface area contributed by atoms with Crippen LogP contribution in [0, 0.1) is 0 Å². The van der Waals surface area contributed by atoms with Crippen LogP contribution in [0.4, 0.5) is 0 Å². The molecule has 0 aliphatic carbocycles. The van der Waals surface area contributed by atoms with Crippen LogP contribution in [0.5, 0.6) is 0 Å². The Hall–Kier alpha value is -1.07. The molecule has 1 N–H and O–H groups in total. The summed E-state index contributed by atoms with van der Waals surface area (Å²) in [6.07, 6.45) is 3.98. The maximum absolute atomic E-state index is 5.42. The standard InChI is InChI=1S/C13H17N3OS/c1-2-6-14-11(3-1)9-15-12-16-13(10-18-12)4-7-17-8-5-13/h1-3,6H,4-5,7-10H2,(H,15,16). The minimum Gasteiger partial charge on any atom is -0.381 e. The highest BCUT2D eigenvalue weighted by molar-refractivity contribution is 8.14. The van der Waals surface area contributed by atoms with Crippen LogP contribution in [-0.4, -0.2) is 34.7 Å². The number of aromatic nitrogens is 1. The first-order chi connectivity index (χ1) is 8.86. The first-order valence-electron chi connectivity index (χ1n) is 6.29. The molecule has 2 saturated heterocycles. The summed E-state index contributed by atoms with van der Waals surface area (Å²) >= 11 is 1.82. The fourth-order valence-corrected chi connectivity index (χ4v) is 3.48. The summed E-state index contributed by atoms with van der Waals surface area (Å²) in [6, 6.07) is 5.93. The van der Waals surface area contributed by atoms with Gasteiger partial charge in [-0.15, -0.1) is 0 Å². The Kier molecular flexibility index (Phi) is 3.52. The van der Waals surface area contributed by atoms with Crippen molar-refractivity contribution in [1.82, 2.24) is 10.3 Å². The number of nitrogens with zero attached hydrogens (tertiary/aromatic N) is 2. The van der Waals surface area contributed by atoms with E-state index in [1.54, 1.807) is 0 Å². The van der Waals surface area contributed by atoms with Gasteiger partial charge >= 0.3 is 0 Å². The van der Waals surface area contributed by atoms with E-state index < -0.39 is 0 Å². The molecule has 0 atom stereocenters. The number of rotatable bonds is 2. The van der Waals surface area contributed by atoms with Crippen LogP contribution in [0.15, 0.2) is 29.4 Å². The monoisotopic (exact) mass is 263 g/mol. The number of nitrogens with one attached hydrogen (secondary N) is 1. The van der Waals surface area contributed by atoms with Crippen LogP contribution in [-0.2, 0) is 11.3 Å². The lowest BCUT2D eigenvalue weighted by atomic mass is 9.93. The van der Waals surface area contributed by atoms with Gasteiger partial charge in [-0.05, 0) is 25.0 Å². The van der Waals surface area contributed by atoms with Gasteiger partial charge in [0, 0.05) is 25.2 Å². The third-order valence-corrected chi connectivity index (χ3v) is 4.62. The summed E-state index contributed by atoms with van der Waals surface area (Å²) in [7, 11) is 0. The van der Waals surface area contributed by atoms with Crippen LogP contribution < -0.4 is 5.32 Å². The molecule has 0 amide bonds. The maximum Gasteiger partial charge on any atom is 0.157 e.